The molecule has 2 rings (SSSR count). The number of aryl methyl sites for hydroxylation is 1. The molecule has 0 aliphatic heterocycles. The van der Waals surface area contributed by atoms with Crippen molar-refractivity contribution in [3.05, 3.63) is 36.4 Å². The number of rotatable bonds is 1. The molecule has 0 bridgehead atoms. The van der Waals surface area contributed by atoms with Crippen molar-refractivity contribution in [3.8, 4) is 0 Å². The maximum atomic E-state index is 5.04. The van der Waals surface area contributed by atoms with E-state index in [-0.39, 0.29) is 0 Å². The van der Waals surface area contributed by atoms with Gasteiger partial charge in [-0.2, -0.15) is 0 Å². The summed E-state index contributed by atoms with van der Waals surface area (Å²) in [5, 5.41) is 2.26. The smallest absolute Gasteiger partial charge is 0.231 e. The van der Waals surface area contributed by atoms with Gasteiger partial charge in [-0.15, -0.1) is 0 Å². The van der Waals surface area contributed by atoms with Gasteiger partial charge in [-0.1, -0.05) is 27.7 Å². The van der Waals surface area contributed by atoms with Crippen LogP contribution in [0.5, 0.6) is 0 Å². The van der Waals surface area contributed by atoms with Crippen LogP contribution in [-0.4, -0.2) is 12.1 Å². The third kappa shape index (κ3) is 4.39. The summed E-state index contributed by atoms with van der Waals surface area (Å²) in [5.74, 6) is 0. The van der Waals surface area contributed by atoms with Crippen LogP contribution in [0.15, 0.2) is 30.7 Å². The lowest BCUT2D eigenvalue weighted by molar-refractivity contribution is -0.884. The van der Waals surface area contributed by atoms with Gasteiger partial charge in [0.05, 0.1) is 5.39 Å². The van der Waals surface area contributed by atoms with E-state index in [1.165, 1.54) is 5.39 Å². The molecular weight excluding hydrogens is 212 g/mol. The largest absolute Gasteiger partial charge is 0.275 e. The van der Waals surface area contributed by atoms with Crippen LogP contribution < -0.4 is 9.57 Å². The van der Waals surface area contributed by atoms with Gasteiger partial charge in [-0.05, 0) is 18.4 Å². The first-order valence-electron chi connectivity index (χ1n) is 6.12. The van der Waals surface area contributed by atoms with Crippen LogP contribution in [0.3, 0.4) is 0 Å². The first kappa shape index (κ1) is 15.4. The average Bonchev–Trinajstić information content (AvgIpc) is 2.42. The summed E-state index contributed by atoms with van der Waals surface area (Å²) in [7, 11) is 1.63. The Bertz CT molecular complexity index is 441. The molecule has 3 heteroatoms. The fourth-order valence-corrected chi connectivity index (χ4v) is 1.29. The Morgan fingerprint density at radius 2 is 1.76 bits per heavy atom. The molecular formula is C14H23N2O+. The van der Waals surface area contributed by atoms with E-state index in [1.807, 2.05) is 59.3 Å². The molecule has 0 aromatic carbocycles. The zero-order valence-corrected chi connectivity index (χ0v) is 11.7. The fraction of sp³-hybridized carbons (Fsp3) is 0.429. The van der Waals surface area contributed by atoms with Crippen LogP contribution in [-0.2, 0) is 0 Å². The zero-order valence-electron chi connectivity index (χ0n) is 11.7. The van der Waals surface area contributed by atoms with Crippen molar-refractivity contribution < 1.29 is 9.57 Å². The second kappa shape index (κ2) is 8.50. The molecule has 0 amide bonds. The molecule has 0 spiro atoms. The average molecular weight is 235 g/mol. The minimum atomic E-state index is 1.03. The van der Waals surface area contributed by atoms with Crippen LogP contribution in [0.1, 0.15) is 33.4 Å². The summed E-state index contributed by atoms with van der Waals surface area (Å²) in [6.45, 7) is 9.98. The first-order chi connectivity index (χ1) is 8.29. The Kier molecular flexibility index (Phi) is 7.68. The summed E-state index contributed by atoms with van der Waals surface area (Å²) < 4.78 is 1.65. The lowest BCUT2D eigenvalue weighted by Gasteiger charge is -1.96. The van der Waals surface area contributed by atoms with E-state index in [9.17, 15) is 0 Å². The molecule has 2 aromatic rings. The number of pyridine rings is 2. The highest BCUT2D eigenvalue weighted by Crippen LogP contribution is 2.10. The van der Waals surface area contributed by atoms with Gasteiger partial charge in [-0.25, -0.2) is 0 Å². The van der Waals surface area contributed by atoms with Crippen molar-refractivity contribution >= 4 is 10.8 Å². The van der Waals surface area contributed by atoms with E-state index in [0.717, 1.165) is 11.1 Å². The van der Waals surface area contributed by atoms with E-state index in [2.05, 4.69) is 11.1 Å². The Labute approximate surface area is 104 Å². The van der Waals surface area contributed by atoms with E-state index in [0.29, 0.717) is 0 Å². The van der Waals surface area contributed by atoms with E-state index >= 15 is 0 Å². The van der Waals surface area contributed by atoms with Gasteiger partial charge in [-0.3, -0.25) is 9.82 Å². The monoisotopic (exact) mass is 235 g/mol. The van der Waals surface area contributed by atoms with E-state index < -0.39 is 0 Å². The maximum Gasteiger partial charge on any atom is 0.231 e. The predicted octanol–water partition coefficient (Wildman–Crippen LogP) is 2.94. The van der Waals surface area contributed by atoms with Gasteiger partial charge >= 0.3 is 0 Å². The van der Waals surface area contributed by atoms with Crippen molar-refractivity contribution in [2.45, 2.75) is 34.6 Å². The molecule has 0 unspecified atom stereocenters. The van der Waals surface area contributed by atoms with Crippen LogP contribution >= 0.6 is 0 Å². The third-order valence-electron chi connectivity index (χ3n) is 1.98. The van der Waals surface area contributed by atoms with Gasteiger partial charge in [0.15, 0.2) is 0 Å². The maximum absolute atomic E-state index is 5.04. The molecule has 2 heterocycles. The minimum Gasteiger partial charge on any atom is -0.275 e. The SMILES string of the molecule is CC.CC.CO[n+]1ccc2cc(C)ncc2c1. The second-order valence-electron chi connectivity index (χ2n) is 2.94. The highest BCUT2D eigenvalue weighted by atomic mass is 16.6. The number of nitrogens with zero attached hydrogens (tertiary/aromatic N) is 2. The first-order valence-corrected chi connectivity index (χ1v) is 6.12. The lowest BCUT2D eigenvalue weighted by atomic mass is 10.2. The molecule has 0 fully saturated rings. The normalized spacial score (nSPS) is 8.59. The molecule has 2 aromatic heterocycles. The highest BCUT2D eigenvalue weighted by Gasteiger charge is 2.02. The topological polar surface area (TPSA) is 26.0 Å². The molecule has 17 heavy (non-hydrogen) atoms. The summed E-state index contributed by atoms with van der Waals surface area (Å²) in [6.07, 6.45) is 5.63. The van der Waals surface area contributed by atoms with Crippen molar-refractivity contribution in [2.75, 3.05) is 7.11 Å². The van der Waals surface area contributed by atoms with Gasteiger partial charge in [0.2, 0.25) is 12.4 Å². The van der Waals surface area contributed by atoms with Crippen LogP contribution in [0, 0.1) is 6.92 Å². The molecule has 0 saturated carbocycles. The Morgan fingerprint density at radius 3 is 2.35 bits per heavy atom. The van der Waals surface area contributed by atoms with E-state index in [1.54, 1.807) is 11.8 Å². The molecule has 0 radical (unpaired) electrons. The van der Waals surface area contributed by atoms with Gasteiger partial charge in [0.25, 0.3) is 0 Å². The standard InChI is InChI=1S/C10H11N2O.2C2H6/c1-8-5-9-3-4-12(13-2)7-10(9)6-11-8;2*1-2/h3-7H,1-2H3;2*1-2H3/q+1;;. The molecule has 0 saturated heterocycles. The van der Waals surface area contributed by atoms with E-state index in [4.69, 9.17) is 4.84 Å². The quantitative estimate of drug-likeness (QED) is 0.710. The van der Waals surface area contributed by atoms with Crippen molar-refractivity contribution in [2.24, 2.45) is 0 Å². The van der Waals surface area contributed by atoms with Crippen LogP contribution in [0.2, 0.25) is 0 Å². The number of fused-ring (bicyclic) bond motifs is 1. The Balaban J connectivity index is 0.000000581. The lowest BCUT2D eigenvalue weighted by Crippen LogP contribution is -2.39. The van der Waals surface area contributed by atoms with Crippen molar-refractivity contribution in [1.82, 2.24) is 4.98 Å². The Morgan fingerprint density at radius 1 is 1.12 bits per heavy atom. The molecule has 0 aliphatic carbocycles. The zero-order chi connectivity index (χ0) is 13.3. The molecule has 94 valence electrons. The number of aromatic nitrogens is 2. The third-order valence-corrected chi connectivity index (χ3v) is 1.98. The molecule has 3 nitrogen and oxygen atoms in total. The van der Waals surface area contributed by atoms with Crippen molar-refractivity contribution in [3.63, 3.8) is 0 Å². The fourth-order valence-electron chi connectivity index (χ4n) is 1.29. The second-order valence-corrected chi connectivity index (χ2v) is 2.94. The van der Waals surface area contributed by atoms with Gasteiger partial charge < -0.3 is 0 Å². The predicted molar refractivity (Wildman–Crippen MR) is 71.9 cm³/mol. The minimum absolute atomic E-state index is 1.03. The van der Waals surface area contributed by atoms with Gasteiger partial charge in [0.1, 0.15) is 7.11 Å². The van der Waals surface area contributed by atoms with Crippen LogP contribution in [0.25, 0.3) is 10.8 Å². The summed E-state index contributed by atoms with van der Waals surface area (Å²) in [6, 6.07) is 4.06. The number of hydrogen-bond acceptors (Lipinski definition) is 2. The molecule has 0 aliphatic rings. The molecule has 0 N–H and O–H groups in total. The summed E-state index contributed by atoms with van der Waals surface area (Å²) >= 11 is 0. The van der Waals surface area contributed by atoms with Gasteiger partial charge in [0, 0.05) is 22.7 Å². The number of hydrogen-bond donors (Lipinski definition) is 0. The highest BCUT2D eigenvalue weighted by molar-refractivity contribution is 5.79. The summed E-state index contributed by atoms with van der Waals surface area (Å²) in [4.78, 5) is 9.26. The summed E-state index contributed by atoms with van der Waals surface area (Å²) in [5.41, 5.74) is 1.03. The van der Waals surface area contributed by atoms with Crippen molar-refractivity contribution in [1.29, 1.82) is 0 Å². The molecule has 0 atom stereocenters. The Hall–Kier alpha value is -1.64. The van der Waals surface area contributed by atoms with Crippen LogP contribution in [0.4, 0.5) is 0 Å².